The third-order valence-corrected chi connectivity index (χ3v) is 1.36. The second-order valence-electron chi connectivity index (χ2n) is 2.62. The molecule has 0 N–H and O–H groups in total. The average molecular weight is 175 g/mol. The number of nitrogens with zero attached hydrogens (tertiary/aromatic N) is 2. The van der Waals surface area contributed by atoms with Crippen LogP contribution in [0.5, 0.6) is 5.88 Å². The van der Waals surface area contributed by atoms with Gasteiger partial charge in [0.25, 0.3) is 5.88 Å². The molecule has 3 nitrogen and oxygen atoms in total. The van der Waals surface area contributed by atoms with Gasteiger partial charge in [-0.2, -0.15) is 0 Å². The SMILES string of the molecule is CC(C)Oc1nn(C)cc1Cl. The molecule has 4 heteroatoms. The van der Waals surface area contributed by atoms with E-state index in [-0.39, 0.29) is 6.10 Å². The number of aryl methyl sites for hydroxylation is 1. The molecule has 0 aliphatic heterocycles. The molecule has 0 saturated carbocycles. The Labute approximate surface area is 70.9 Å². The number of rotatable bonds is 2. The summed E-state index contributed by atoms with van der Waals surface area (Å²) in [5.74, 6) is 0.504. The van der Waals surface area contributed by atoms with E-state index in [1.165, 1.54) is 0 Å². The van der Waals surface area contributed by atoms with Crippen LogP contribution in [0.3, 0.4) is 0 Å². The number of hydrogen-bond acceptors (Lipinski definition) is 2. The maximum Gasteiger partial charge on any atom is 0.252 e. The molecule has 0 aromatic carbocycles. The van der Waals surface area contributed by atoms with Crippen molar-refractivity contribution in [3.05, 3.63) is 11.2 Å². The smallest absolute Gasteiger partial charge is 0.252 e. The molecule has 0 fully saturated rings. The lowest BCUT2D eigenvalue weighted by atomic mass is 10.5. The van der Waals surface area contributed by atoms with E-state index >= 15 is 0 Å². The Hall–Kier alpha value is -0.700. The van der Waals surface area contributed by atoms with E-state index in [0.717, 1.165) is 0 Å². The monoisotopic (exact) mass is 174 g/mol. The van der Waals surface area contributed by atoms with E-state index in [1.807, 2.05) is 13.8 Å². The minimum atomic E-state index is 0.113. The fourth-order valence-corrected chi connectivity index (χ4v) is 0.966. The Morgan fingerprint density at radius 3 is 2.64 bits per heavy atom. The molecule has 1 rings (SSSR count). The van der Waals surface area contributed by atoms with Crippen molar-refractivity contribution in [2.45, 2.75) is 20.0 Å². The van der Waals surface area contributed by atoms with Crippen molar-refractivity contribution in [1.82, 2.24) is 9.78 Å². The Morgan fingerprint density at radius 1 is 1.64 bits per heavy atom. The fourth-order valence-electron chi connectivity index (χ4n) is 0.742. The highest BCUT2D eigenvalue weighted by Crippen LogP contribution is 2.21. The minimum Gasteiger partial charge on any atom is -0.473 e. The number of ether oxygens (including phenoxy) is 1. The van der Waals surface area contributed by atoms with E-state index < -0.39 is 0 Å². The third kappa shape index (κ3) is 2.12. The number of aromatic nitrogens is 2. The fraction of sp³-hybridized carbons (Fsp3) is 0.571. The van der Waals surface area contributed by atoms with E-state index in [0.29, 0.717) is 10.9 Å². The molecular weight excluding hydrogens is 164 g/mol. The van der Waals surface area contributed by atoms with Gasteiger partial charge in [0.2, 0.25) is 0 Å². The van der Waals surface area contributed by atoms with Gasteiger partial charge < -0.3 is 4.74 Å². The van der Waals surface area contributed by atoms with Crippen molar-refractivity contribution < 1.29 is 4.74 Å². The largest absolute Gasteiger partial charge is 0.473 e. The van der Waals surface area contributed by atoms with E-state index in [4.69, 9.17) is 16.3 Å². The van der Waals surface area contributed by atoms with Crippen molar-refractivity contribution in [2.75, 3.05) is 0 Å². The number of hydrogen-bond donors (Lipinski definition) is 0. The summed E-state index contributed by atoms with van der Waals surface area (Å²) in [4.78, 5) is 0. The van der Waals surface area contributed by atoms with Crippen LogP contribution in [0.4, 0.5) is 0 Å². The molecule has 0 aliphatic carbocycles. The molecule has 0 unspecified atom stereocenters. The first-order chi connectivity index (χ1) is 5.09. The van der Waals surface area contributed by atoms with Crippen LogP contribution in [0.15, 0.2) is 6.20 Å². The van der Waals surface area contributed by atoms with Gasteiger partial charge in [-0.1, -0.05) is 11.6 Å². The van der Waals surface area contributed by atoms with E-state index in [1.54, 1.807) is 17.9 Å². The maximum atomic E-state index is 5.78. The van der Waals surface area contributed by atoms with Gasteiger partial charge >= 0.3 is 0 Å². The summed E-state index contributed by atoms with van der Waals surface area (Å²) in [6, 6.07) is 0. The van der Waals surface area contributed by atoms with Gasteiger partial charge in [0.15, 0.2) is 0 Å². The van der Waals surface area contributed by atoms with Gasteiger partial charge in [0.05, 0.1) is 6.10 Å². The molecule has 0 bridgehead atoms. The summed E-state index contributed by atoms with van der Waals surface area (Å²) in [5.41, 5.74) is 0. The highest BCUT2D eigenvalue weighted by Gasteiger charge is 2.06. The van der Waals surface area contributed by atoms with Crippen molar-refractivity contribution in [3.8, 4) is 5.88 Å². The van der Waals surface area contributed by atoms with Gasteiger partial charge in [-0.05, 0) is 13.8 Å². The molecule has 0 atom stereocenters. The molecule has 0 amide bonds. The zero-order valence-electron chi connectivity index (χ0n) is 6.84. The lowest BCUT2D eigenvalue weighted by molar-refractivity contribution is 0.231. The van der Waals surface area contributed by atoms with Crippen molar-refractivity contribution >= 4 is 11.6 Å². The summed E-state index contributed by atoms with van der Waals surface area (Å²) in [6.07, 6.45) is 1.82. The van der Waals surface area contributed by atoms with Crippen LogP contribution in [0.1, 0.15) is 13.8 Å². The Bertz CT molecular complexity index is 245. The molecule has 0 spiro atoms. The molecule has 62 valence electrons. The van der Waals surface area contributed by atoms with Crippen LogP contribution < -0.4 is 4.74 Å². The normalized spacial score (nSPS) is 10.6. The predicted molar refractivity (Wildman–Crippen MR) is 44.0 cm³/mol. The lowest BCUT2D eigenvalue weighted by Gasteiger charge is -2.05. The lowest BCUT2D eigenvalue weighted by Crippen LogP contribution is -2.06. The van der Waals surface area contributed by atoms with E-state index in [9.17, 15) is 0 Å². The van der Waals surface area contributed by atoms with Crippen molar-refractivity contribution in [1.29, 1.82) is 0 Å². The minimum absolute atomic E-state index is 0.113. The maximum absolute atomic E-state index is 5.78. The van der Waals surface area contributed by atoms with Crippen LogP contribution in [-0.4, -0.2) is 15.9 Å². The number of halogens is 1. The first-order valence-corrected chi connectivity index (χ1v) is 3.83. The van der Waals surface area contributed by atoms with Gasteiger partial charge in [-0.15, -0.1) is 5.10 Å². The van der Waals surface area contributed by atoms with Crippen LogP contribution >= 0.6 is 11.6 Å². The average Bonchev–Trinajstić information content (AvgIpc) is 2.09. The van der Waals surface area contributed by atoms with Gasteiger partial charge in [0.1, 0.15) is 5.02 Å². The molecule has 11 heavy (non-hydrogen) atoms. The summed E-state index contributed by atoms with van der Waals surface area (Å²) in [6.45, 7) is 3.87. The molecule has 1 aromatic rings. The van der Waals surface area contributed by atoms with Gasteiger partial charge in [-0.25, -0.2) is 0 Å². The van der Waals surface area contributed by atoms with E-state index in [2.05, 4.69) is 5.10 Å². The van der Waals surface area contributed by atoms with Crippen LogP contribution in [0.25, 0.3) is 0 Å². The molecule has 0 saturated heterocycles. The molecule has 0 radical (unpaired) electrons. The van der Waals surface area contributed by atoms with Gasteiger partial charge in [-0.3, -0.25) is 4.68 Å². The van der Waals surface area contributed by atoms with Crippen LogP contribution in [0, 0.1) is 0 Å². The first kappa shape index (κ1) is 8.40. The second-order valence-corrected chi connectivity index (χ2v) is 3.03. The summed E-state index contributed by atoms with van der Waals surface area (Å²) >= 11 is 5.78. The highest BCUT2D eigenvalue weighted by molar-refractivity contribution is 6.31. The van der Waals surface area contributed by atoms with Crippen molar-refractivity contribution in [2.24, 2.45) is 7.05 Å². The molecule has 0 aliphatic rings. The third-order valence-electron chi connectivity index (χ3n) is 1.10. The molecule has 1 aromatic heterocycles. The summed E-state index contributed by atoms with van der Waals surface area (Å²) in [5, 5.41) is 4.57. The zero-order chi connectivity index (χ0) is 8.43. The van der Waals surface area contributed by atoms with Crippen molar-refractivity contribution in [3.63, 3.8) is 0 Å². The van der Waals surface area contributed by atoms with Crippen LogP contribution in [-0.2, 0) is 7.05 Å². The zero-order valence-corrected chi connectivity index (χ0v) is 7.59. The standard InChI is InChI=1S/C7H11ClN2O/c1-5(2)11-7-6(8)4-10(3)9-7/h4-5H,1-3H3. The van der Waals surface area contributed by atoms with Crippen LogP contribution in [0.2, 0.25) is 5.02 Å². The highest BCUT2D eigenvalue weighted by atomic mass is 35.5. The Morgan fingerprint density at radius 2 is 2.27 bits per heavy atom. The second kappa shape index (κ2) is 3.13. The quantitative estimate of drug-likeness (QED) is 0.685. The van der Waals surface area contributed by atoms with Gasteiger partial charge in [0, 0.05) is 13.2 Å². The topological polar surface area (TPSA) is 27.1 Å². The molecular formula is C7H11ClN2O. The first-order valence-electron chi connectivity index (χ1n) is 3.45. The summed E-state index contributed by atoms with van der Waals surface area (Å²) < 4.78 is 6.93. The Balaban J connectivity index is 2.77. The predicted octanol–water partition coefficient (Wildman–Crippen LogP) is 1.86. The molecule has 1 heterocycles. The Kier molecular flexibility index (Phi) is 2.39. The summed E-state index contributed by atoms with van der Waals surface area (Å²) in [7, 11) is 1.80.